The van der Waals surface area contributed by atoms with E-state index in [1.54, 1.807) is 7.11 Å². The summed E-state index contributed by atoms with van der Waals surface area (Å²) >= 11 is 0. The summed E-state index contributed by atoms with van der Waals surface area (Å²) in [6.45, 7) is 2.26. The monoisotopic (exact) mass is 370 g/mol. The molecule has 5 nitrogen and oxygen atoms in total. The summed E-state index contributed by atoms with van der Waals surface area (Å²) in [7, 11) is 1.66. The van der Waals surface area contributed by atoms with Gasteiger partial charge in [0.1, 0.15) is 5.75 Å². The highest BCUT2D eigenvalue weighted by molar-refractivity contribution is 5.98. The van der Waals surface area contributed by atoms with Crippen molar-refractivity contribution < 1.29 is 24.2 Å². The van der Waals surface area contributed by atoms with E-state index in [1.165, 1.54) is 5.56 Å². The molecule has 0 amide bonds. The molecule has 144 valence electrons. The number of methoxy groups -OCH3 is 1. The van der Waals surface area contributed by atoms with E-state index in [4.69, 9.17) is 9.47 Å². The molecule has 0 aromatic heterocycles. The molecule has 1 fully saturated rings. The Labute approximate surface area is 159 Å². The van der Waals surface area contributed by atoms with Crippen LogP contribution in [0.2, 0.25) is 0 Å². The molecule has 1 saturated carbocycles. The van der Waals surface area contributed by atoms with Gasteiger partial charge >= 0.3 is 0 Å². The Hall–Kier alpha value is -2.14. The molecule has 0 unspecified atom stereocenters. The third-order valence-corrected chi connectivity index (χ3v) is 7.22. The van der Waals surface area contributed by atoms with Gasteiger partial charge < -0.3 is 14.6 Å². The Balaban J connectivity index is 1.64. The molecule has 5 heteroatoms. The Morgan fingerprint density at radius 1 is 1.33 bits per heavy atom. The second-order valence-electron chi connectivity index (χ2n) is 8.30. The first-order chi connectivity index (χ1) is 12.9. The van der Waals surface area contributed by atoms with E-state index in [0.29, 0.717) is 12.9 Å². The summed E-state index contributed by atoms with van der Waals surface area (Å²) in [6, 6.07) is 5.97. The molecule has 0 saturated heterocycles. The van der Waals surface area contributed by atoms with Crippen molar-refractivity contribution in [2.75, 3.05) is 13.7 Å². The Bertz CT molecular complexity index is 813. The average Bonchev–Trinajstić information content (AvgIpc) is 3.03. The number of hydrogen-bond donors (Lipinski definition) is 1. The fourth-order valence-electron chi connectivity index (χ4n) is 5.87. The second kappa shape index (κ2) is 6.48. The number of Topliss-reactive ketones (excluding diaryl/α,β-unsaturated/α-hetero) is 1. The van der Waals surface area contributed by atoms with Crippen LogP contribution in [-0.4, -0.2) is 31.1 Å². The minimum Gasteiger partial charge on any atom is -0.497 e. The topological polar surface area (TPSA) is 72.8 Å². The Morgan fingerprint density at radius 3 is 2.89 bits per heavy atom. The maximum absolute atomic E-state index is 12.5. The van der Waals surface area contributed by atoms with E-state index in [-0.39, 0.29) is 29.6 Å². The molecular formula is C22H26O5. The van der Waals surface area contributed by atoms with Gasteiger partial charge in [0.05, 0.1) is 12.7 Å². The van der Waals surface area contributed by atoms with Crippen molar-refractivity contribution in [2.24, 2.45) is 17.3 Å². The lowest BCUT2D eigenvalue weighted by molar-refractivity contribution is -0.138. The second-order valence-corrected chi connectivity index (χ2v) is 8.30. The maximum Gasteiger partial charge on any atom is 0.293 e. The molecule has 4 rings (SSSR count). The lowest BCUT2D eigenvalue weighted by Gasteiger charge is -2.54. The van der Waals surface area contributed by atoms with Crippen molar-refractivity contribution in [2.45, 2.75) is 44.6 Å². The molecule has 0 radical (unpaired) electrons. The van der Waals surface area contributed by atoms with E-state index in [9.17, 15) is 14.7 Å². The number of fused-ring (bicyclic) bond motifs is 5. The molecule has 0 aliphatic heterocycles. The third kappa shape index (κ3) is 2.63. The van der Waals surface area contributed by atoms with Crippen molar-refractivity contribution >= 4 is 12.3 Å². The van der Waals surface area contributed by atoms with Crippen LogP contribution in [0.25, 0.3) is 0 Å². The summed E-state index contributed by atoms with van der Waals surface area (Å²) < 4.78 is 10.0. The molecular weight excluding hydrogens is 344 g/mol. The lowest BCUT2D eigenvalue weighted by atomic mass is 9.52. The first-order valence-electron chi connectivity index (χ1n) is 9.63. The number of carbonyl (C=O) groups is 2. The molecule has 1 aromatic rings. The van der Waals surface area contributed by atoms with Gasteiger partial charge in [-0.05, 0) is 72.6 Å². The van der Waals surface area contributed by atoms with Crippen LogP contribution in [0.5, 0.6) is 5.75 Å². The van der Waals surface area contributed by atoms with Crippen LogP contribution >= 0.6 is 0 Å². The number of aliphatic hydroxyl groups is 1. The van der Waals surface area contributed by atoms with Crippen LogP contribution in [0.4, 0.5) is 0 Å². The van der Waals surface area contributed by atoms with E-state index < -0.39 is 5.60 Å². The van der Waals surface area contributed by atoms with Crippen LogP contribution in [0.3, 0.4) is 0 Å². The van der Waals surface area contributed by atoms with Crippen molar-refractivity contribution in [1.29, 1.82) is 0 Å². The minimum atomic E-state index is -0.852. The van der Waals surface area contributed by atoms with E-state index >= 15 is 0 Å². The molecule has 0 bridgehead atoms. The normalized spacial score (nSPS) is 34.0. The zero-order chi connectivity index (χ0) is 19.2. The highest BCUT2D eigenvalue weighted by Crippen LogP contribution is 2.62. The van der Waals surface area contributed by atoms with Crippen LogP contribution in [0.15, 0.2) is 29.8 Å². The molecule has 0 heterocycles. The molecule has 3 aliphatic carbocycles. The van der Waals surface area contributed by atoms with E-state index in [1.807, 2.05) is 24.3 Å². The van der Waals surface area contributed by atoms with Crippen LogP contribution in [0, 0.1) is 17.3 Å². The van der Waals surface area contributed by atoms with Crippen LogP contribution < -0.4 is 4.74 Å². The first kappa shape index (κ1) is 18.2. The van der Waals surface area contributed by atoms with Crippen molar-refractivity contribution in [3.63, 3.8) is 0 Å². The fraction of sp³-hybridized carbons (Fsp3) is 0.545. The Kier molecular flexibility index (Phi) is 4.38. The van der Waals surface area contributed by atoms with Gasteiger partial charge in [-0.15, -0.1) is 0 Å². The van der Waals surface area contributed by atoms with Crippen molar-refractivity contribution in [1.82, 2.24) is 0 Å². The van der Waals surface area contributed by atoms with Crippen LogP contribution in [0.1, 0.15) is 43.7 Å². The zero-order valence-corrected chi connectivity index (χ0v) is 15.9. The SMILES string of the molecule is COc1ccc2c(c1)CC[C@H]1[C@@H]3CC=C(C(=O)COC=O)[C@@]3(C)CC[C@]21O. The highest BCUT2D eigenvalue weighted by Gasteiger charge is 2.58. The van der Waals surface area contributed by atoms with Crippen molar-refractivity contribution in [3.8, 4) is 5.75 Å². The molecule has 1 aromatic carbocycles. The molecule has 0 spiro atoms. The number of ether oxygens (including phenoxy) is 2. The van der Waals surface area contributed by atoms with Crippen molar-refractivity contribution in [3.05, 3.63) is 41.0 Å². The summed E-state index contributed by atoms with van der Waals surface area (Å²) in [6.07, 6.45) is 5.98. The predicted octanol–water partition coefficient (Wildman–Crippen LogP) is 2.93. The number of aryl methyl sites for hydroxylation is 1. The quantitative estimate of drug-likeness (QED) is 0.807. The zero-order valence-electron chi connectivity index (χ0n) is 15.9. The van der Waals surface area contributed by atoms with Gasteiger partial charge in [0.15, 0.2) is 12.4 Å². The largest absolute Gasteiger partial charge is 0.497 e. The standard InChI is InChI=1S/C22H26O5/c1-21-9-10-22(25)16-6-4-15(26-2)11-14(16)3-5-18(22)17(21)7-8-19(21)20(24)12-27-13-23/h4,6,8,11,13,17-18,25H,3,5,7,9-10,12H2,1-2H3/t17-,18-,21-,22-/m0/s1. The number of rotatable bonds is 5. The highest BCUT2D eigenvalue weighted by atomic mass is 16.5. The number of ketones is 1. The van der Waals surface area contributed by atoms with Crippen LogP contribution in [-0.2, 0) is 26.3 Å². The smallest absolute Gasteiger partial charge is 0.293 e. The maximum atomic E-state index is 12.5. The van der Waals surface area contributed by atoms with Gasteiger partial charge in [-0.2, -0.15) is 0 Å². The molecule has 1 N–H and O–H groups in total. The number of benzene rings is 1. The fourth-order valence-corrected chi connectivity index (χ4v) is 5.87. The van der Waals surface area contributed by atoms with Gasteiger partial charge in [-0.25, -0.2) is 0 Å². The average molecular weight is 370 g/mol. The lowest BCUT2D eigenvalue weighted by Crippen LogP contribution is -2.52. The molecule has 3 aliphatic rings. The van der Waals surface area contributed by atoms with E-state index in [0.717, 1.165) is 42.6 Å². The Morgan fingerprint density at radius 2 is 2.15 bits per heavy atom. The van der Waals surface area contributed by atoms with Gasteiger partial charge in [0.2, 0.25) is 0 Å². The summed E-state index contributed by atoms with van der Waals surface area (Å²) in [5, 5.41) is 11.7. The number of carbonyl (C=O) groups excluding carboxylic acids is 2. The first-order valence-corrected chi connectivity index (χ1v) is 9.63. The van der Waals surface area contributed by atoms with Gasteiger partial charge in [-0.1, -0.05) is 19.1 Å². The van der Waals surface area contributed by atoms with Gasteiger partial charge in [0, 0.05) is 5.57 Å². The minimum absolute atomic E-state index is 0.113. The third-order valence-electron chi connectivity index (χ3n) is 7.22. The predicted molar refractivity (Wildman–Crippen MR) is 99.3 cm³/mol. The number of allylic oxidation sites excluding steroid dienone is 1. The summed E-state index contributed by atoms with van der Waals surface area (Å²) in [4.78, 5) is 23.0. The van der Waals surface area contributed by atoms with Gasteiger partial charge in [0.25, 0.3) is 6.47 Å². The summed E-state index contributed by atoms with van der Waals surface area (Å²) in [5.74, 6) is 1.05. The van der Waals surface area contributed by atoms with Gasteiger partial charge in [-0.3, -0.25) is 9.59 Å². The summed E-state index contributed by atoms with van der Waals surface area (Å²) in [5.41, 5.74) is 1.85. The number of hydrogen-bond acceptors (Lipinski definition) is 5. The van der Waals surface area contributed by atoms with E-state index in [2.05, 4.69) is 6.92 Å². The molecule has 27 heavy (non-hydrogen) atoms. The molecule has 4 atom stereocenters.